The van der Waals surface area contributed by atoms with Crippen molar-refractivity contribution < 1.29 is 4.74 Å². The smallest absolute Gasteiger partial charge is 0.140 e. The van der Waals surface area contributed by atoms with Crippen LogP contribution in [0.3, 0.4) is 0 Å². The molecule has 0 radical (unpaired) electrons. The highest BCUT2D eigenvalue weighted by atomic mass is 16.5. The SMILES string of the molecule is CCCNC1CCC(OCc2ccnc(C#N)c2)CC1. The van der Waals surface area contributed by atoms with Crippen LogP contribution in [0, 0.1) is 11.3 Å². The highest BCUT2D eigenvalue weighted by Crippen LogP contribution is 2.22. The van der Waals surface area contributed by atoms with Gasteiger partial charge in [0.25, 0.3) is 0 Å². The first-order valence-electron chi connectivity index (χ1n) is 7.52. The lowest BCUT2D eigenvalue weighted by atomic mass is 9.93. The summed E-state index contributed by atoms with van der Waals surface area (Å²) in [5, 5.41) is 12.4. The van der Waals surface area contributed by atoms with Crippen LogP contribution in [0.15, 0.2) is 18.3 Å². The first kappa shape index (κ1) is 15.0. The van der Waals surface area contributed by atoms with Crippen LogP contribution in [0.4, 0.5) is 0 Å². The lowest BCUT2D eigenvalue weighted by Gasteiger charge is -2.29. The molecule has 0 unspecified atom stereocenters. The van der Waals surface area contributed by atoms with Crippen molar-refractivity contribution in [2.24, 2.45) is 0 Å². The zero-order valence-electron chi connectivity index (χ0n) is 12.1. The van der Waals surface area contributed by atoms with Gasteiger partial charge in [0.15, 0.2) is 0 Å². The van der Waals surface area contributed by atoms with E-state index in [1.807, 2.05) is 6.07 Å². The van der Waals surface area contributed by atoms with Gasteiger partial charge in [0, 0.05) is 12.2 Å². The number of pyridine rings is 1. The molecule has 1 heterocycles. The predicted octanol–water partition coefficient (Wildman–Crippen LogP) is 2.78. The molecule has 0 amide bonds. The van der Waals surface area contributed by atoms with Gasteiger partial charge in [-0.3, -0.25) is 0 Å². The maximum Gasteiger partial charge on any atom is 0.140 e. The highest BCUT2D eigenvalue weighted by molar-refractivity contribution is 5.24. The van der Waals surface area contributed by atoms with Gasteiger partial charge in [-0.2, -0.15) is 5.26 Å². The average Bonchev–Trinajstić information content (AvgIpc) is 2.52. The molecule has 1 saturated carbocycles. The number of nitriles is 1. The lowest BCUT2D eigenvalue weighted by Crippen LogP contribution is -2.35. The van der Waals surface area contributed by atoms with E-state index in [9.17, 15) is 0 Å². The van der Waals surface area contributed by atoms with Crippen molar-refractivity contribution in [1.29, 1.82) is 5.26 Å². The van der Waals surface area contributed by atoms with E-state index in [0.29, 0.717) is 24.4 Å². The van der Waals surface area contributed by atoms with E-state index >= 15 is 0 Å². The minimum Gasteiger partial charge on any atom is -0.374 e. The van der Waals surface area contributed by atoms with Crippen LogP contribution in [-0.4, -0.2) is 23.7 Å². The Morgan fingerprint density at radius 1 is 1.40 bits per heavy atom. The second-order valence-electron chi connectivity index (χ2n) is 5.40. The van der Waals surface area contributed by atoms with Gasteiger partial charge in [-0.05, 0) is 56.3 Å². The zero-order valence-corrected chi connectivity index (χ0v) is 12.1. The maximum atomic E-state index is 8.82. The molecule has 4 nitrogen and oxygen atoms in total. The van der Waals surface area contributed by atoms with E-state index in [1.165, 1.54) is 19.3 Å². The number of aromatic nitrogens is 1. The van der Waals surface area contributed by atoms with Gasteiger partial charge in [-0.25, -0.2) is 4.98 Å². The van der Waals surface area contributed by atoms with Crippen molar-refractivity contribution >= 4 is 0 Å². The van der Waals surface area contributed by atoms with Crippen molar-refractivity contribution in [3.8, 4) is 6.07 Å². The third-order valence-corrected chi connectivity index (χ3v) is 3.78. The average molecular weight is 273 g/mol. The van der Waals surface area contributed by atoms with Gasteiger partial charge in [0.1, 0.15) is 11.8 Å². The molecule has 0 bridgehead atoms. The molecule has 1 aromatic rings. The molecular weight excluding hydrogens is 250 g/mol. The molecule has 1 N–H and O–H groups in total. The summed E-state index contributed by atoms with van der Waals surface area (Å²) in [4.78, 5) is 3.97. The Labute approximate surface area is 121 Å². The molecule has 0 aliphatic heterocycles. The molecule has 108 valence electrons. The fourth-order valence-electron chi connectivity index (χ4n) is 2.62. The van der Waals surface area contributed by atoms with Crippen LogP contribution in [0.5, 0.6) is 0 Å². The summed E-state index contributed by atoms with van der Waals surface area (Å²) in [6, 6.07) is 6.44. The van der Waals surface area contributed by atoms with Crippen molar-refractivity contribution in [1.82, 2.24) is 10.3 Å². The quantitative estimate of drug-likeness (QED) is 0.866. The number of nitrogens with one attached hydrogen (secondary N) is 1. The molecule has 1 aliphatic rings. The normalized spacial score (nSPS) is 22.4. The minimum absolute atomic E-state index is 0.355. The summed E-state index contributed by atoms with van der Waals surface area (Å²) in [7, 11) is 0. The molecule has 0 spiro atoms. The van der Waals surface area contributed by atoms with Crippen LogP contribution in [0.25, 0.3) is 0 Å². The van der Waals surface area contributed by atoms with E-state index in [0.717, 1.165) is 24.9 Å². The molecule has 4 heteroatoms. The maximum absolute atomic E-state index is 8.82. The first-order chi connectivity index (χ1) is 9.81. The van der Waals surface area contributed by atoms with E-state index in [1.54, 1.807) is 12.3 Å². The Morgan fingerprint density at radius 3 is 2.90 bits per heavy atom. The second-order valence-corrected chi connectivity index (χ2v) is 5.40. The van der Waals surface area contributed by atoms with Crippen molar-refractivity contribution in [3.63, 3.8) is 0 Å². The summed E-state index contributed by atoms with van der Waals surface area (Å²) in [5.41, 5.74) is 1.49. The molecule has 20 heavy (non-hydrogen) atoms. The molecule has 0 aromatic carbocycles. The summed E-state index contributed by atoms with van der Waals surface area (Å²) in [6.07, 6.45) is 7.86. The van der Waals surface area contributed by atoms with Crippen LogP contribution in [-0.2, 0) is 11.3 Å². The zero-order chi connectivity index (χ0) is 14.2. The van der Waals surface area contributed by atoms with Crippen molar-refractivity contribution in [3.05, 3.63) is 29.6 Å². The number of ether oxygens (including phenoxy) is 1. The Bertz CT molecular complexity index is 447. The number of rotatable bonds is 6. The monoisotopic (exact) mass is 273 g/mol. The van der Waals surface area contributed by atoms with Crippen molar-refractivity contribution in [2.75, 3.05) is 6.54 Å². The second kappa shape index (κ2) is 7.98. The standard InChI is InChI=1S/C16H23N3O/c1-2-8-18-14-3-5-16(6-4-14)20-12-13-7-9-19-15(10-13)11-17/h7,9-10,14,16,18H,2-6,8,12H2,1H3. The van der Waals surface area contributed by atoms with E-state index in [-0.39, 0.29) is 0 Å². The molecule has 2 rings (SSSR count). The van der Waals surface area contributed by atoms with Crippen LogP contribution >= 0.6 is 0 Å². The van der Waals surface area contributed by atoms with Crippen molar-refractivity contribution in [2.45, 2.75) is 57.8 Å². The molecular formula is C16H23N3O. The predicted molar refractivity (Wildman–Crippen MR) is 78.1 cm³/mol. The van der Waals surface area contributed by atoms with Crippen LogP contribution in [0.1, 0.15) is 50.3 Å². The van der Waals surface area contributed by atoms with Gasteiger partial charge in [0.05, 0.1) is 12.7 Å². The van der Waals surface area contributed by atoms with E-state index in [4.69, 9.17) is 10.00 Å². The van der Waals surface area contributed by atoms with Gasteiger partial charge >= 0.3 is 0 Å². The summed E-state index contributed by atoms with van der Waals surface area (Å²) >= 11 is 0. The molecule has 0 atom stereocenters. The molecule has 0 saturated heterocycles. The molecule has 1 fully saturated rings. The first-order valence-corrected chi connectivity index (χ1v) is 7.52. The summed E-state index contributed by atoms with van der Waals surface area (Å²) in [6.45, 7) is 3.89. The summed E-state index contributed by atoms with van der Waals surface area (Å²) < 4.78 is 5.96. The Kier molecular flexibility index (Phi) is 5.97. The van der Waals surface area contributed by atoms with Gasteiger partial charge in [-0.15, -0.1) is 0 Å². The van der Waals surface area contributed by atoms with Crippen LogP contribution in [0.2, 0.25) is 0 Å². The summed E-state index contributed by atoms with van der Waals surface area (Å²) in [5.74, 6) is 0. The Balaban J connectivity index is 1.72. The van der Waals surface area contributed by atoms with Gasteiger partial charge in [-0.1, -0.05) is 6.92 Å². The highest BCUT2D eigenvalue weighted by Gasteiger charge is 2.20. The lowest BCUT2D eigenvalue weighted by molar-refractivity contribution is 0.0113. The third kappa shape index (κ3) is 4.59. The Morgan fingerprint density at radius 2 is 2.20 bits per heavy atom. The Hall–Kier alpha value is -1.44. The van der Waals surface area contributed by atoms with Gasteiger partial charge < -0.3 is 10.1 Å². The fourth-order valence-corrected chi connectivity index (χ4v) is 2.62. The third-order valence-electron chi connectivity index (χ3n) is 3.78. The van der Waals surface area contributed by atoms with Gasteiger partial charge in [0.2, 0.25) is 0 Å². The molecule has 1 aromatic heterocycles. The number of hydrogen-bond donors (Lipinski definition) is 1. The number of nitrogens with zero attached hydrogens (tertiary/aromatic N) is 2. The van der Waals surface area contributed by atoms with E-state index in [2.05, 4.69) is 23.3 Å². The topological polar surface area (TPSA) is 57.9 Å². The number of hydrogen-bond acceptors (Lipinski definition) is 4. The fraction of sp³-hybridized carbons (Fsp3) is 0.625. The van der Waals surface area contributed by atoms with E-state index < -0.39 is 0 Å². The molecule has 1 aliphatic carbocycles. The van der Waals surface area contributed by atoms with Crippen LogP contribution < -0.4 is 5.32 Å². The minimum atomic E-state index is 0.355. The largest absolute Gasteiger partial charge is 0.374 e.